The summed E-state index contributed by atoms with van der Waals surface area (Å²) in [6, 6.07) is 1.55. The molecule has 0 spiro atoms. The minimum absolute atomic E-state index is 0.0139. The molecule has 1 aromatic carbocycles. The van der Waals surface area contributed by atoms with Gasteiger partial charge in [0.05, 0.1) is 0 Å². The van der Waals surface area contributed by atoms with E-state index in [2.05, 4.69) is 4.84 Å². The van der Waals surface area contributed by atoms with E-state index in [0.717, 1.165) is 6.07 Å². The van der Waals surface area contributed by atoms with Gasteiger partial charge in [0, 0.05) is 11.6 Å². The molecule has 0 amide bonds. The molecule has 72 valence electrons. The van der Waals surface area contributed by atoms with Gasteiger partial charge in [0.15, 0.2) is 11.6 Å². The van der Waals surface area contributed by atoms with Crippen LogP contribution in [0.2, 0.25) is 0 Å². The molecule has 0 aliphatic carbocycles. The Kier molecular flexibility index (Phi) is 2.79. The van der Waals surface area contributed by atoms with Gasteiger partial charge in [-0.15, -0.1) is 0 Å². The predicted molar refractivity (Wildman–Crippen MR) is 41.7 cm³/mol. The average Bonchev–Trinajstić information content (AvgIpc) is 2.10. The van der Waals surface area contributed by atoms with Crippen LogP contribution < -0.4 is 5.90 Å². The van der Waals surface area contributed by atoms with Crippen molar-refractivity contribution in [2.45, 2.75) is 13.0 Å². The molecular weight excluding hydrogens is 180 g/mol. The summed E-state index contributed by atoms with van der Waals surface area (Å²) in [5, 5.41) is 9.15. The predicted octanol–water partition coefficient (Wildman–Crippen LogP) is 1.62. The summed E-state index contributed by atoms with van der Waals surface area (Å²) in [7, 11) is 0. The minimum atomic E-state index is -1.03. The van der Waals surface area contributed by atoms with E-state index in [1.54, 1.807) is 0 Å². The normalized spacial score (nSPS) is 12.9. The zero-order chi connectivity index (χ0) is 10.0. The van der Waals surface area contributed by atoms with E-state index < -0.39 is 23.5 Å². The first-order valence-electron chi connectivity index (χ1n) is 3.59. The van der Waals surface area contributed by atoms with E-state index in [0.29, 0.717) is 6.07 Å². The third kappa shape index (κ3) is 1.93. The number of benzene rings is 1. The van der Waals surface area contributed by atoms with Crippen molar-refractivity contribution >= 4 is 0 Å². The molecule has 1 rings (SSSR count). The molecular formula is C8H9F2NO2. The second-order valence-corrected chi connectivity index (χ2v) is 2.60. The lowest BCUT2D eigenvalue weighted by Crippen LogP contribution is -2.06. The van der Waals surface area contributed by atoms with Crippen molar-refractivity contribution in [2.75, 3.05) is 0 Å². The number of hydrogen-bond donors (Lipinski definition) is 2. The molecule has 5 heteroatoms. The molecule has 0 heterocycles. The Morgan fingerprint density at radius 1 is 1.46 bits per heavy atom. The van der Waals surface area contributed by atoms with Crippen molar-refractivity contribution in [3.63, 3.8) is 0 Å². The van der Waals surface area contributed by atoms with E-state index in [4.69, 9.17) is 11.0 Å². The number of nitrogens with two attached hydrogens (primary N) is 1. The number of halogens is 2. The van der Waals surface area contributed by atoms with Crippen molar-refractivity contribution in [1.29, 1.82) is 0 Å². The van der Waals surface area contributed by atoms with Gasteiger partial charge in [-0.05, 0) is 13.0 Å². The third-order valence-electron chi connectivity index (χ3n) is 1.70. The van der Waals surface area contributed by atoms with Crippen molar-refractivity contribution in [3.8, 4) is 5.75 Å². The summed E-state index contributed by atoms with van der Waals surface area (Å²) in [4.78, 5) is 4.33. The minimum Gasteiger partial charge on any atom is -0.505 e. The van der Waals surface area contributed by atoms with Crippen LogP contribution in [0.15, 0.2) is 12.1 Å². The molecule has 1 aromatic rings. The molecule has 0 bridgehead atoms. The summed E-state index contributed by atoms with van der Waals surface area (Å²) in [6.45, 7) is 1.47. The number of phenolic OH excluding ortho intramolecular Hbond substituents is 1. The van der Waals surface area contributed by atoms with Crippen LogP contribution in [0.5, 0.6) is 5.75 Å². The monoisotopic (exact) mass is 189 g/mol. The first-order chi connectivity index (χ1) is 6.06. The van der Waals surface area contributed by atoms with Gasteiger partial charge in [0.2, 0.25) is 0 Å². The Morgan fingerprint density at radius 2 is 2.08 bits per heavy atom. The number of rotatable bonds is 2. The Balaban J connectivity index is 3.20. The number of hydrogen-bond acceptors (Lipinski definition) is 3. The van der Waals surface area contributed by atoms with E-state index in [1.165, 1.54) is 6.92 Å². The molecule has 3 nitrogen and oxygen atoms in total. The molecule has 0 saturated carbocycles. The fourth-order valence-corrected chi connectivity index (χ4v) is 0.969. The zero-order valence-corrected chi connectivity index (χ0v) is 6.92. The molecule has 0 aliphatic heterocycles. The molecule has 3 N–H and O–H groups in total. The molecule has 0 radical (unpaired) electrons. The first kappa shape index (κ1) is 9.88. The van der Waals surface area contributed by atoms with Crippen molar-refractivity contribution < 1.29 is 18.7 Å². The first-order valence-corrected chi connectivity index (χ1v) is 3.59. The van der Waals surface area contributed by atoms with Crippen LogP contribution in [0.4, 0.5) is 8.78 Å². The van der Waals surface area contributed by atoms with Crippen LogP contribution in [-0.4, -0.2) is 5.11 Å². The van der Waals surface area contributed by atoms with Crippen molar-refractivity contribution in [2.24, 2.45) is 5.90 Å². The van der Waals surface area contributed by atoms with Crippen molar-refractivity contribution in [3.05, 3.63) is 29.3 Å². The molecule has 0 fully saturated rings. The van der Waals surface area contributed by atoms with Gasteiger partial charge in [0.1, 0.15) is 11.9 Å². The largest absolute Gasteiger partial charge is 0.505 e. The molecule has 13 heavy (non-hydrogen) atoms. The lowest BCUT2D eigenvalue weighted by Gasteiger charge is -2.11. The van der Waals surface area contributed by atoms with Crippen LogP contribution in [0.25, 0.3) is 0 Å². The molecule has 0 aliphatic rings. The average molecular weight is 189 g/mol. The van der Waals surface area contributed by atoms with E-state index in [1.807, 2.05) is 0 Å². The van der Waals surface area contributed by atoms with Gasteiger partial charge in [0.25, 0.3) is 0 Å². The summed E-state index contributed by atoms with van der Waals surface area (Å²) >= 11 is 0. The Labute approximate surface area is 73.7 Å². The Bertz CT molecular complexity index is 317. The lowest BCUT2D eigenvalue weighted by molar-refractivity contribution is 0.0640. The highest BCUT2D eigenvalue weighted by Gasteiger charge is 2.15. The van der Waals surface area contributed by atoms with Crippen LogP contribution in [0, 0.1) is 11.6 Å². The maximum atomic E-state index is 12.8. The molecule has 0 saturated heterocycles. The van der Waals surface area contributed by atoms with Crippen LogP contribution in [0.1, 0.15) is 18.6 Å². The number of phenols is 1. The molecule has 1 atom stereocenters. The van der Waals surface area contributed by atoms with Gasteiger partial charge < -0.3 is 5.11 Å². The molecule has 1 unspecified atom stereocenters. The standard InChI is InChI=1S/C8H9F2NO2/c1-4(13-11)6-2-5(9)3-7(10)8(6)12/h2-4,12H,11H2,1H3. The maximum absolute atomic E-state index is 12.8. The van der Waals surface area contributed by atoms with Crippen molar-refractivity contribution in [1.82, 2.24) is 0 Å². The fraction of sp³-hybridized carbons (Fsp3) is 0.250. The quantitative estimate of drug-likeness (QED) is 0.695. The second kappa shape index (κ2) is 3.68. The number of aromatic hydroxyl groups is 1. The van der Waals surface area contributed by atoms with Crippen LogP contribution in [-0.2, 0) is 4.84 Å². The topological polar surface area (TPSA) is 55.5 Å². The fourth-order valence-electron chi connectivity index (χ4n) is 0.969. The van der Waals surface area contributed by atoms with Gasteiger partial charge >= 0.3 is 0 Å². The smallest absolute Gasteiger partial charge is 0.168 e. The summed E-state index contributed by atoms with van der Waals surface area (Å²) in [5.41, 5.74) is -0.0139. The van der Waals surface area contributed by atoms with Gasteiger partial charge in [-0.2, -0.15) is 0 Å². The van der Waals surface area contributed by atoms with Gasteiger partial charge in [-0.3, -0.25) is 4.84 Å². The highest BCUT2D eigenvalue weighted by atomic mass is 19.1. The molecule has 0 aromatic heterocycles. The lowest BCUT2D eigenvalue weighted by atomic mass is 10.1. The second-order valence-electron chi connectivity index (χ2n) is 2.60. The summed E-state index contributed by atoms with van der Waals surface area (Å²) in [5.74, 6) is 2.37. The maximum Gasteiger partial charge on any atom is 0.168 e. The van der Waals surface area contributed by atoms with Gasteiger partial charge in [-0.25, -0.2) is 14.7 Å². The Morgan fingerprint density at radius 3 is 2.62 bits per heavy atom. The van der Waals surface area contributed by atoms with Crippen LogP contribution >= 0.6 is 0 Å². The van der Waals surface area contributed by atoms with E-state index >= 15 is 0 Å². The highest BCUT2D eigenvalue weighted by Crippen LogP contribution is 2.28. The van der Waals surface area contributed by atoms with Crippen LogP contribution in [0.3, 0.4) is 0 Å². The third-order valence-corrected chi connectivity index (χ3v) is 1.70. The SMILES string of the molecule is CC(ON)c1cc(F)cc(F)c1O. The highest BCUT2D eigenvalue weighted by molar-refractivity contribution is 5.35. The van der Waals surface area contributed by atoms with E-state index in [9.17, 15) is 8.78 Å². The summed E-state index contributed by atoms with van der Waals surface area (Å²) in [6.07, 6.45) is -0.759. The zero-order valence-electron chi connectivity index (χ0n) is 6.92. The Hall–Kier alpha value is -1.20. The summed E-state index contributed by atoms with van der Waals surface area (Å²) < 4.78 is 25.4. The van der Waals surface area contributed by atoms with Gasteiger partial charge in [-0.1, -0.05) is 0 Å². The van der Waals surface area contributed by atoms with E-state index in [-0.39, 0.29) is 5.56 Å².